The Kier molecular flexibility index (Phi) is 2.09. The van der Waals surface area contributed by atoms with Crippen molar-refractivity contribution in [2.45, 2.75) is 38.3 Å². The van der Waals surface area contributed by atoms with E-state index in [-0.39, 0.29) is 18.2 Å². The molecule has 0 aromatic carbocycles. The van der Waals surface area contributed by atoms with Crippen LogP contribution in [0.25, 0.3) is 0 Å². The van der Waals surface area contributed by atoms with Crippen LogP contribution in [0.2, 0.25) is 0 Å². The average molecular weight is 184 g/mol. The fraction of sp³-hybridized carbons (Fsp3) is 0.667. The highest BCUT2D eigenvalue weighted by Gasteiger charge is 2.50. The summed E-state index contributed by atoms with van der Waals surface area (Å²) >= 11 is 0. The van der Waals surface area contributed by atoms with E-state index in [1.807, 2.05) is 0 Å². The smallest absolute Gasteiger partial charge is 0.230 e. The van der Waals surface area contributed by atoms with Crippen molar-refractivity contribution in [3.8, 4) is 0 Å². The molecule has 13 heavy (non-hydrogen) atoms. The summed E-state index contributed by atoms with van der Waals surface area (Å²) in [4.78, 5) is 11.4. The third-order valence-corrected chi connectivity index (χ3v) is 2.20. The zero-order valence-electron chi connectivity index (χ0n) is 7.40. The summed E-state index contributed by atoms with van der Waals surface area (Å²) in [5.74, 6) is 0.0194. The number of rotatable bonds is 4. The van der Waals surface area contributed by atoms with Crippen molar-refractivity contribution in [2.24, 2.45) is 0 Å². The number of hydrogen-bond acceptors (Lipinski definition) is 4. The molecule has 0 radical (unpaired) electrons. The quantitative estimate of drug-likeness (QED) is 0.641. The standard InChI is InChI=1S/C9H12O4/c1-5(10)2-3-7(11)6-4-12-9-8(6)13-9/h4-5,8-10H,2-3H2,1H3. The molecule has 0 aromatic heterocycles. The number of hydrogen-bond donors (Lipinski definition) is 1. The number of fused-ring (bicyclic) bond motifs is 1. The predicted molar refractivity (Wildman–Crippen MR) is 43.8 cm³/mol. The fourth-order valence-electron chi connectivity index (χ4n) is 1.34. The number of ketones is 1. The highest BCUT2D eigenvalue weighted by molar-refractivity contribution is 5.97. The van der Waals surface area contributed by atoms with Gasteiger partial charge in [-0.3, -0.25) is 4.79 Å². The van der Waals surface area contributed by atoms with Crippen LogP contribution in [0.15, 0.2) is 11.8 Å². The van der Waals surface area contributed by atoms with E-state index >= 15 is 0 Å². The second-order valence-corrected chi connectivity index (χ2v) is 3.45. The van der Waals surface area contributed by atoms with Gasteiger partial charge < -0.3 is 14.6 Å². The van der Waals surface area contributed by atoms with Gasteiger partial charge in [0, 0.05) is 6.42 Å². The van der Waals surface area contributed by atoms with Crippen LogP contribution < -0.4 is 0 Å². The number of aliphatic hydroxyl groups excluding tert-OH is 1. The van der Waals surface area contributed by atoms with E-state index < -0.39 is 6.10 Å². The zero-order chi connectivity index (χ0) is 9.42. The molecule has 0 aromatic rings. The third-order valence-electron chi connectivity index (χ3n) is 2.20. The molecule has 1 N–H and O–H groups in total. The van der Waals surface area contributed by atoms with Crippen LogP contribution in [0.4, 0.5) is 0 Å². The first-order valence-electron chi connectivity index (χ1n) is 4.40. The molecular formula is C9H12O4. The number of carbonyl (C=O) groups is 1. The number of aliphatic hydroxyl groups is 1. The van der Waals surface area contributed by atoms with Crippen molar-refractivity contribution in [3.05, 3.63) is 11.8 Å². The van der Waals surface area contributed by atoms with Crippen LogP contribution >= 0.6 is 0 Å². The Morgan fingerprint density at radius 3 is 3.00 bits per heavy atom. The normalized spacial score (nSPS) is 31.7. The molecule has 2 heterocycles. The van der Waals surface area contributed by atoms with Crippen LogP contribution in [0.1, 0.15) is 19.8 Å². The van der Waals surface area contributed by atoms with Gasteiger partial charge in [-0.05, 0) is 13.3 Å². The minimum atomic E-state index is -0.428. The summed E-state index contributed by atoms with van der Waals surface area (Å²) < 4.78 is 10.0. The maximum atomic E-state index is 11.4. The van der Waals surface area contributed by atoms with Gasteiger partial charge in [-0.15, -0.1) is 0 Å². The average Bonchev–Trinajstić information content (AvgIpc) is 2.74. The van der Waals surface area contributed by atoms with E-state index in [2.05, 4.69) is 0 Å². The Hall–Kier alpha value is -0.870. The van der Waals surface area contributed by atoms with E-state index in [0.717, 1.165) is 0 Å². The minimum absolute atomic E-state index is 0.0194. The first kappa shape index (κ1) is 8.72. The Bertz CT molecular complexity index is 256. The molecular weight excluding hydrogens is 172 g/mol. The second kappa shape index (κ2) is 3.12. The van der Waals surface area contributed by atoms with Crippen LogP contribution in [-0.2, 0) is 14.3 Å². The Balaban J connectivity index is 1.83. The molecule has 2 aliphatic heterocycles. The first-order valence-corrected chi connectivity index (χ1v) is 4.40. The number of ether oxygens (including phenoxy) is 2. The van der Waals surface area contributed by atoms with Crippen molar-refractivity contribution in [1.82, 2.24) is 0 Å². The minimum Gasteiger partial charge on any atom is -0.469 e. The molecule has 0 saturated carbocycles. The van der Waals surface area contributed by atoms with E-state index in [0.29, 0.717) is 18.4 Å². The van der Waals surface area contributed by atoms with Gasteiger partial charge in [0.25, 0.3) is 0 Å². The molecule has 1 fully saturated rings. The molecule has 0 spiro atoms. The van der Waals surface area contributed by atoms with Crippen LogP contribution in [0.3, 0.4) is 0 Å². The molecule has 2 aliphatic rings. The molecule has 72 valence electrons. The maximum absolute atomic E-state index is 11.4. The Morgan fingerprint density at radius 1 is 1.77 bits per heavy atom. The first-order chi connectivity index (χ1) is 6.18. The van der Waals surface area contributed by atoms with Crippen molar-refractivity contribution >= 4 is 5.78 Å². The summed E-state index contributed by atoms with van der Waals surface area (Å²) in [7, 11) is 0. The summed E-state index contributed by atoms with van der Waals surface area (Å²) in [6, 6.07) is 0. The predicted octanol–water partition coefficient (Wildman–Crippen LogP) is 0.355. The zero-order valence-corrected chi connectivity index (χ0v) is 7.40. The van der Waals surface area contributed by atoms with E-state index in [4.69, 9.17) is 14.6 Å². The van der Waals surface area contributed by atoms with Gasteiger partial charge in [0.2, 0.25) is 6.29 Å². The monoisotopic (exact) mass is 184 g/mol. The lowest BCUT2D eigenvalue weighted by atomic mass is 10.0. The highest BCUT2D eigenvalue weighted by atomic mass is 16.8. The lowest BCUT2D eigenvalue weighted by molar-refractivity contribution is -0.116. The lowest BCUT2D eigenvalue weighted by Crippen LogP contribution is -2.10. The number of epoxide rings is 1. The molecule has 2 rings (SSSR count). The SMILES string of the molecule is CC(O)CCC(=O)C1=COC2OC12. The van der Waals surface area contributed by atoms with Gasteiger partial charge >= 0.3 is 0 Å². The summed E-state index contributed by atoms with van der Waals surface area (Å²) in [5, 5.41) is 8.99. The van der Waals surface area contributed by atoms with Crippen LogP contribution in [0.5, 0.6) is 0 Å². The number of carbonyl (C=O) groups excluding carboxylic acids is 1. The van der Waals surface area contributed by atoms with Gasteiger partial charge in [0.05, 0.1) is 17.9 Å². The molecule has 4 heteroatoms. The van der Waals surface area contributed by atoms with Gasteiger partial charge in [0.15, 0.2) is 11.9 Å². The third kappa shape index (κ3) is 1.73. The molecule has 0 aliphatic carbocycles. The molecule has 4 nitrogen and oxygen atoms in total. The fourth-order valence-corrected chi connectivity index (χ4v) is 1.34. The summed E-state index contributed by atoms with van der Waals surface area (Å²) in [6.45, 7) is 1.67. The van der Waals surface area contributed by atoms with Crippen LogP contribution in [0, 0.1) is 0 Å². The van der Waals surface area contributed by atoms with Crippen molar-refractivity contribution in [2.75, 3.05) is 0 Å². The summed E-state index contributed by atoms with van der Waals surface area (Å²) in [5.41, 5.74) is 0.616. The van der Waals surface area contributed by atoms with E-state index in [1.165, 1.54) is 6.26 Å². The second-order valence-electron chi connectivity index (χ2n) is 3.45. The molecule has 1 saturated heterocycles. The van der Waals surface area contributed by atoms with Crippen molar-refractivity contribution in [3.63, 3.8) is 0 Å². The van der Waals surface area contributed by atoms with Gasteiger partial charge in [0.1, 0.15) is 0 Å². The van der Waals surface area contributed by atoms with Crippen molar-refractivity contribution in [1.29, 1.82) is 0 Å². The molecule has 3 unspecified atom stereocenters. The molecule has 0 amide bonds. The Morgan fingerprint density at radius 2 is 2.54 bits per heavy atom. The summed E-state index contributed by atoms with van der Waals surface area (Å²) in [6.07, 6.45) is 1.57. The van der Waals surface area contributed by atoms with Gasteiger partial charge in [-0.25, -0.2) is 0 Å². The topological polar surface area (TPSA) is 59.1 Å². The molecule has 3 atom stereocenters. The largest absolute Gasteiger partial charge is 0.469 e. The molecule has 0 bridgehead atoms. The van der Waals surface area contributed by atoms with E-state index in [1.54, 1.807) is 6.92 Å². The van der Waals surface area contributed by atoms with Gasteiger partial charge in [-0.2, -0.15) is 0 Å². The van der Waals surface area contributed by atoms with E-state index in [9.17, 15) is 4.79 Å². The number of Topliss-reactive ketones (excluding diaryl/α,β-unsaturated/α-hetero) is 1. The maximum Gasteiger partial charge on any atom is 0.230 e. The Labute approximate surface area is 76.1 Å². The van der Waals surface area contributed by atoms with Crippen molar-refractivity contribution < 1.29 is 19.4 Å². The van der Waals surface area contributed by atoms with Crippen LogP contribution in [-0.4, -0.2) is 29.4 Å². The highest BCUT2D eigenvalue weighted by Crippen LogP contribution is 2.37. The van der Waals surface area contributed by atoms with Gasteiger partial charge in [-0.1, -0.05) is 0 Å². The lowest BCUT2D eigenvalue weighted by Gasteiger charge is -2.02.